The Bertz CT molecular complexity index is 1130. The number of ether oxygens (including phenoxy) is 1. The van der Waals surface area contributed by atoms with E-state index in [1.54, 1.807) is 0 Å². The third kappa shape index (κ3) is 39.8. The summed E-state index contributed by atoms with van der Waals surface area (Å²) in [7, 11) is 0. The lowest BCUT2D eigenvalue weighted by molar-refractivity contribution is -0.151. The van der Waals surface area contributed by atoms with Gasteiger partial charge in [-0.1, -0.05) is 215 Å². The van der Waals surface area contributed by atoms with Crippen LogP contribution in [0.5, 0.6) is 0 Å². The molecule has 0 heterocycles. The van der Waals surface area contributed by atoms with Crippen LogP contribution in [-0.4, -0.2) is 46.9 Å². The Morgan fingerprint density at radius 3 is 1.43 bits per heavy atom. The molecule has 0 aliphatic heterocycles. The van der Waals surface area contributed by atoms with E-state index in [1.165, 1.54) is 64.2 Å². The maximum Gasteiger partial charge on any atom is 0.306 e. The molecule has 58 heavy (non-hydrogen) atoms. The van der Waals surface area contributed by atoms with Gasteiger partial charge in [-0.2, -0.15) is 0 Å². The summed E-state index contributed by atoms with van der Waals surface area (Å²) < 4.78 is 5.88. The number of nitrogens with one attached hydrogen (secondary N) is 1. The summed E-state index contributed by atoms with van der Waals surface area (Å²) in [6.45, 7) is 6.18. The van der Waals surface area contributed by atoms with Crippen molar-refractivity contribution in [2.75, 3.05) is 6.61 Å². The predicted molar refractivity (Wildman–Crippen MR) is 250 cm³/mol. The lowest BCUT2D eigenvalue weighted by Crippen LogP contribution is -2.46. The zero-order valence-corrected chi connectivity index (χ0v) is 37.6. The lowest BCUT2D eigenvalue weighted by atomic mass is 10.0. The van der Waals surface area contributed by atoms with Gasteiger partial charge in [-0.3, -0.25) is 9.59 Å². The molecule has 1 amide bonds. The van der Waals surface area contributed by atoms with Crippen LogP contribution in [0.3, 0.4) is 0 Å². The summed E-state index contributed by atoms with van der Waals surface area (Å²) in [6.07, 6.45) is 57.8. The first-order valence-corrected chi connectivity index (χ1v) is 23.9. The van der Waals surface area contributed by atoms with Crippen LogP contribution in [0.15, 0.2) is 85.1 Å². The molecule has 3 N–H and O–H groups in total. The highest BCUT2D eigenvalue weighted by molar-refractivity contribution is 5.77. The number of unbranched alkanes of at least 4 members (excludes halogenated alkanes) is 20. The first kappa shape index (κ1) is 55.0. The second-order valence-corrected chi connectivity index (χ2v) is 15.9. The summed E-state index contributed by atoms with van der Waals surface area (Å²) >= 11 is 0. The van der Waals surface area contributed by atoms with Crippen molar-refractivity contribution in [2.45, 2.75) is 225 Å². The Labute approximate surface area is 357 Å². The normalized spacial score (nSPS) is 14.1. The van der Waals surface area contributed by atoms with Gasteiger partial charge in [0.25, 0.3) is 0 Å². The Morgan fingerprint density at radius 2 is 0.931 bits per heavy atom. The van der Waals surface area contributed by atoms with Gasteiger partial charge in [-0.05, 0) is 64.2 Å². The van der Waals surface area contributed by atoms with Crippen molar-refractivity contribution in [3.63, 3.8) is 0 Å². The number of carbonyl (C=O) groups is 2. The molecule has 0 radical (unpaired) electrons. The summed E-state index contributed by atoms with van der Waals surface area (Å²) in [4.78, 5) is 26.0. The Balaban J connectivity index is 4.69. The van der Waals surface area contributed by atoms with E-state index in [2.05, 4.69) is 80.8 Å². The van der Waals surface area contributed by atoms with Crippen molar-refractivity contribution >= 4 is 11.9 Å². The molecule has 6 heteroatoms. The molecule has 3 unspecified atom stereocenters. The van der Waals surface area contributed by atoms with E-state index < -0.39 is 18.2 Å². The van der Waals surface area contributed by atoms with Gasteiger partial charge in [0.15, 0.2) is 0 Å². The summed E-state index contributed by atoms with van der Waals surface area (Å²) in [5, 5.41) is 23.7. The zero-order chi connectivity index (χ0) is 42.4. The molecule has 0 aliphatic rings. The van der Waals surface area contributed by atoms with Crippen molar-refractivity contribution in [2.24, 2.45) is 0 Å². The number of aliphatic hydroxyl groups is 2. The maximum atomic E-state index is 13.2. The third-order valence-electron chi connectivity index (χ3n) is 10.4. The van der Waals surface area contributed by atoms with Gasteiger partial charge in [0.1, 0.15) is 6.10 Å². The summed E-state index contributed by atoms with van der Waals surface area (Å²) in [5.74, 6) is -0.545. The molecular weight excluding hydrogens is 719 g/mol. The highest BCUT2D eigenvalue weighted by Gasteiger charge is 2.24. The quantitative estimate of drug-likeness (QED) is 0.0325. The molecule has 0 bridgehead atoms. The Morgan fingerprint density at radius 1 is 0.517 bits per heavy atom. The number of allylic oxidation sites excluding steroid dienone is 14. The first-order valence-electron chi connectivity index (χ1n) is 23.9. The second kappa shape index (κ2) is 45.1. The fraction of sp³-hybridized carbons (Fsp3) is 0.692. The van der Waals surface area contributed by atoms with Crippen LogP contribution in [0.2, 0.25) is 0 Å². The van der Waals surface area contributed by atoms with Gasteiger partial charge in [0, 0.05) is 6.42 Å². The van der Waals surface area contributed by atoms with Gasteiger partial charge in [-0.15, -0.1) is 0 Å². The van der Waals surface area contributed by atoms with E-state index in [9.17, 15) is 19.8 Å². The minimum Gasteiger partial charge on any atom is -0.462 e. The molecule has 0 saturated heterocycles. The number of esters is 1. The molecule has 0 saturated carbocycles. The van der Waals surface area contributed by atoms with Crippen molar-refractivity contribution in [3.05, 3.63) is 85.1 Å². The average Bonchev–Trinajstić information content (AvgIpc) is 3.22. The monoisotopic (exact) mass is 808 g/mol. The molecular formula is C52H89NO5. The van der Waals surface area contributed by atoms with Crippen LogP contribution >= 0.6 is 0 Å². The molecule has 0 aromatic carbocycles. The molecule has 0 aromatic rings. The molecule has 0 aromatic heterocycles. The highest BCUT2D eigenvalue weighted by Crippen LogP contribution is 2.17. The molecule has 332 valence electrons. The average molecular weight is 808 g/mol. The van der Waals surface area contributed by atoms with Crippen LogP contribution in [0.25, 0.3) is 0 Å². The number of amides is 1. The van der Waals surface area contributed by atoms with Gasteiger partial charge >= 0.3 is 5.97 Å². The molecule has 3 atom stereocenters. The zero-order valence-electron chi connectivity index (χ0n) is 37.6. The van der Waals surface area contributed by atoms with Crippen molar-refractivity contribution in [1.82, 2.24) is 5.32 Å². The topological polar surface area (TPSA) is 95.9 Å². The minimum absolute atomic E-state index is 0.0386. The fourth-order valence-electron chi connectivity index (χ4n) is 6.79. The van der Waals surface area contributed by atoms with Gasteiger partial charge in [0.2, 0.25) is 5.91 Å². The number of hydrogen-bond acceptors (Lipinski definition) is 5. The van der Waals surface area contributed by atoms with Gasteiger partial charge < -0.3 is 20.3 Å². The molecule has 0 aliphatic carbocycles. The molecule has 6 nitrogen and oxygen atoms in total. The van der Waals surface area contributed by atoms with E-state index in [0.29, 0.717) is 19.3 Å². The first-order chi connectivity index (χ1) is 28.5. The second-order valence-electron chi connectivity index (χ2n) is 15.9. The Hall–Kier alpha value is -2.96. The van der Waals surface area contributed by atoms with Crippen LogP contribution in [-0.2, 0) is 14.3 Å². The number of hydrogen-bond donors (Lipinski definition) is 3. The highest BCUT2D eigenvalue weighted by atomic mass is 16.5. The SMILES string of the molecule is CC/C=C/C=C/C=C\CCCCCCCC(=O)OC(CCCCC\C=C/C=C/C=C/C=C/CC)CC(=O)NC(CO)C(O)CCCCCCCCCCCCCCC. The molecule has 0 fully saturated rings. The third-order valence-corrected chi connectivity index (χ3v) is 10.4. The molecule has 0 spiro atoms. The smallest absolute Gasteiger partial charge is 0.306 e. The van der Waals surface area contributed by atoms with Crippen LogP contribution < -0.4 is 5.32 Å². The largest absolute Gasteiger partial charge is 0.462 e. The van der Waals surface area contributed by atoms with Crippen molar-refractivity contribution in [3.8, 4) is 0 Å². The van der Waals surface area contributed by atoms with Crippen LogP contribution in [0.4, 0.5) is 0 Å². The molecule has 0 rings (SSSR count). The van der Waals surface area contributed by atoms with E-state index in [1.807, 2.05) is 30.4 Å². The van der Waals surface area contributed by atoms with E-state index in [0.717, 1.165) is 96.3 Å². The standard InChI is InChI=1S/C52H89NO5/c1-4-7-10-13-16-19-22-25-28-31-34-37-40-43-48(58-52(57)45-42-39-36-33-30-27-24-21-18-15-12-9-6-3)46-51(56)53-49(47-54)50(55)44-41-38-35-32-29-26-23-20-17-14-11-8-5-2/h7,9-10,12-13,15-16,18-19,21-22,24-25,28,48-50,54-55H,4-6,8,11,14,17,20,23,26-27,29-47H2,1-3H3,(H,53,56)/b10-7+,12-9+,16-13+,18-15+,22-19+,24-21-,28-25-. The van der Waals surface area contributed by atoms with E-state index in [-0.39, 0.29) is 24.9 Å². The Kier molecular flexibility index (Phi) is 42.8. The van der Waals surface area contributed by atoms with Crippen molar-refractivity contribution < 1.29 is 24.5 Å². The number of aliphatic hydroxyl groups excluding tert-OH is 2. The number of rotatable bonds is 41. The fourth-order valence-corrected chi connectivity index (χ4v) is 6.79. The number of carbonyl (C=O) groups excluding carboxylic acids is 2. The van der Waals surface area contributed by atoms with Crippen LogP contribution in [0, 0.1) is 0 Å². The predicted octanol–water partition coefficient (Wildman–Crippen LogP) is 14.0. The summed E-state index contributed by atoms with van der Waals surface area (Å²) in [6, 6.07) is -0.722. The minimum atomic E-state index is -0.805. The van der Waals surface area contributed by atoms with E-state index in [4.69, 9.17) is 4.74 Å². The van der Waals surface area contributed by atoms with Gasteiger partial charge in [-0.25, -0.2) is 0 Å². The van der Waals surface area contributed by atoms with Crippen molar-refractivity contribution in [1.29, 1.82) is 0 Å². The van der Waals surface area contributed by atoms with Gasteiger partial charge in [0.05, 0.1) is 25.2 Å². The van der Waals surface area contributed by atoms with Crippen LogP contribution in [0.1, 0.15) is 207 Å². The maximum absolute atomic E-state index is 13.2. The van der Waals surface area contributed by atoms with E-state index >= 15 is 0 Å². The summed E-state index contributed by atoms with van der Waals surface area (Å²) in [5.41, 5.74) is 0. The lowest BCUT2D eigenvalue weighted by Gasteiger charge is -2.24.